The normalized spacial score (nSPS) is 20.3. The summed E-state index contributed by atoms with van der Waals surface area (Å²) in [5, 5.41) is 15.5. The number of hydrogen-bond acceptors (Lipinski definition) is 4. The molecule has 208 valence electrons. The molecule has 3 atom stereocenters. The number of carbonyl (C=O) groups is 2. The molecule has 0 spiro atoms. The average Bonchev–Trinajstić information content (AvgIpc) is 2.89. The zero-order valence-electron chi connectivity index (χ0n) is 22.1. The molecule has 0 aromatic heterocycles. The first kappa shape index (κ1) is 29.1. The number of carbonyl (C=O) groups excluding carboxylic acids is 1. The van der Waals surface area contributed by atoms with Gasteiger partial charge in [-0.1, -0.05) is 44.2 Å². The van der Waals surface area contributed by atoms with Gasteiger partial charge in [-0.05, 0) is 38.3 Å². The zero-order chi connectivity index (χ0) is 26.8. The molecule has 2 fully saturated rings. The predicted octanol–water partition coefficient (Wildman–Crippen LogP) is 4.61. The van der Waals surface area contributed by atoms with Gasteiger partial charge in [-0.15, -0.1) is 0 Å². The maximum atomic E-state index is 14.8. The average molecular weight is 525 g/mol. The van der Waals surface area contributed by atoms with E-state index in [4.69, 9.17) is 9.84 Å². The molecule has 37 heavy (non-hydrogen) atoms. The minimum atomic E-state index is -1.10. The van der Waals surface area contributed by atoms with Crippen molar-refractivity contribution in [2.75, 3.05) is 46.9 Å². The second-order valence-electron chi connectivity index (χ2n) is 10.4. The second-order valence-corrected chi connectivity index (χ2v) is 10.4. The van der Waals surface area contributed by atoms with Crippen LogP contribution in [0.3, 0.4) is 0 Å². The number of carboxylic acid groups (broad SMARTS) is 1. The summed E-state index contributed by atoms with van der Waals surface area (Å²) in [5.74, 6) is -1.56. The van der Waals surface area contributed by atoms with Gasteiger partial charge >= 0.3 is 12.1 Å². The summed E-state index contributed by atoms with van der Waals surface area (Å²) in [6.45, 7) is 1.73. The van der Waals surface area contributed by atoms with Gasteiger partial charge in [0.25, 0.3) is 0 Å². The molecule has 8 nitrogen and oxygen atoms in total. The van der Waals surface area contributed by atoms with Crippen molar-refractivity contribution in [2.24, 2.45) is 11.8 Å². The molecule has 3 rings (SSSR count). The summed E-state index contributed by atoms with van der Waals surface area (Å²) in [5.41, 5.74) is 0.0931. The molecule has 1 aromatic rings. The topological polar surface area (TPSA) is 94.1 Å². The van der Waals surface area contributed by atoms with Gasteiger partial charge in [-0.2, -0.15) is 0 Å². The van der Waals surface area contributed by atoms with Crippen LogP contribution in [0.25, 0.3) is 0 Å². The van der Waals surface area contributed by atoms with Crippen LogP contribution in [0.15, 0.2) is 18.2 Å². The first-order valence-electron chi connectivity index (χ1n) is 13.5. The standard InChI is InChI=1S/C27H42F2N4O4/c1-30-17-21(16-19-8-4-3-5-9-19)31-26(34)33-13-7-10-20(18-33)25(37-15-14-32(2)27(35)36)22-11-6-12-23(28)24(22)29/h6,11-12,19-21,25,30H,3-5,7-10,13-18H2,1-2H3,(H,31,34)(H,35,36)/t20-,21+,25-/m1/s1. The Morgan fingerprint density at radius 3 is 2.65 bits per heavy atom. The molecule has 0 radical (unpaired) electrons. The van der Waals surface area contributed by atoms with E-state index in [-0.39, 0.29) is 36.7 Å². The lowest BCUT2D eigenvalue weighted by atomic mass is 9.85. The van der Waals surface area contributed by atoms with Crippen LogP contribution in [0.2, 0.25) is 0 Å². The lowest BCUT2D eigenvalue weighted by Crippen LogP contribution is -2.52. The van der Waals surface area contributed by atoms with E-state index in [2.05, 4.69) is 10.6 Å². The summed E-state index contributed by atoms with van der Waals surface area (Å²) in [4.78, 5) is 27.2. The second kappa shape index (κ2) is 14.5. The molecule has 10 heteroatoms. The third-order valence-electron chi connectivity index (χ3n) is 7.63. The molecule has 1 aliphatic heterocycles. The summed E-state index contributed by atoms with van der Waals surface area (Å²) in [6.07, 6.45) is 6.64. The Labute approximate surface area is 218 Å². The van der Waals surface area contributed by atoms with E-state index >= 15 is 0 Å². The van der Waals surface area contributed by atoms with Gasteiger partial charge in [0.15, 0.2) is 11.6 Å². The van der Waals surface area contributed by atoms with E-state index in [1.54, 1.807) is 4.90 Å². The summed E-state index contributed by atoms with van der Waals surface area (Å²) in [7, 11) is 3.30. The summed E-state index contributed by atoms with van der Waals surface area (Å²) < 4.78 is 34.9. The number of ether oxygens (including phenoxy) is 1. The predicted molar refractivity (Wildman–Crippen MR) is 137 cm³/mol. The molecule has 3 N–H and O–H groups in total. The van der Waals surface area contributed by atoms with Gasteiger partial charge in [0.1, 0.15) is 0 Å². The Balaban J connectivity index is 1.68. The van der Waals surface area contributed by atoms with Gasteiger partial charge in [-0.3, -0.25) is 0 Å². The lowest BCUT2D eigenvalue weighted by Gasteiger charge is -2.38. The minimum absolute atomic E-state index is 0.0255. The maximum absolute atomic E-state index is 14.8. The van der Waals surface area contributed by atoms with Crippen LogP contribution in [-0.2, 0) is 4.74 Å². The largest absolute Gasteiger partial charge is 0.465 e. The third-order valence-corrected chi connectivity index (χ3v) is 7.63. The first-order valence-corrected chi connectivity index (χ1v) is 13.5. The molecule has 1 aliphatic carbocycles. The third kappa shape index (κ3) is 8.53. The van der Waals surface area contributed by atoms with E-state index in [0.717, 1.165) is 17.4 Å². The molecule has 3 amide bonds. The Morgan fingerprint density at radius 2 is 1.95 bits per heavy atom. The molecule has 0 unspecified atom stereocenters. The van der Waals surface area contributed by atoms with Crippen molar-refractivity contribution in [3.63, 3.8) is 0 Å². The Kier molecular flexibility index (Phi) is 11.4. The molecule has 1 saturated heterocycles. The highest BCUT2D eigenvalue weighted by Crippen LogP contribution is 2.35. The lowest BCUT2D eigenvalue weighted by molar-refractivity contribution is -0.0177. The number of likely N-dealkylation sites (tertiary alicyclic amines) is 1. The fourth-order valence-electron chi connectivity index (χ4n) is 5.60. The number of benzene rings is 1. The van der Waals surface area contributed by atoms with Gasteiger partial charge in [0.05, 0.1) is 12.7 Å². The van der Waals surface area contributed by atoms with E-state index < -0.39 is 23.8 Å². The van der Waals surface area contributed by atoms with Crippen LogP contribution in [0.1, 0.15) is 63.0 Å². The van der Waals surface area contributed by atoms with Crippen LogP contribution >= 0.6 is 0 Å². The number of nitrogens with zero attached hydrogens (tertiary/aromatic N) is 2. The van der Waals surface area contributed by atoms with Crippen molar-refractivity contribution >= 4 is 12.1 Å². The van der Waals surface area contributed by atoms with Gasteiger partial charge in [0.2, 0.25) is 0 Å². The van der Waals surface area contributed by atoms with E-state index in [1.807, 2.05) is 7.05 Å². The summed E-state index contributed by atoms with van der Waals surface area (Å²) >= 11 is 0. The van der Waals surface area contributed by atoms with Crippen molar-refractivity contribution in [2.45, 2.75) is 63.5 Å². The Morgan fingerprint density at radius 1 is 1.19 bits per heavy atom. The number of likely N-dealkylation sites (N-methyl/N-ethyl adjacent to an activating group) is 2. The van der Waals surface area contributed by atoms with Crippen LogP contribution in [0, 0.1) is 23.5 Å². The number of piperidine rings is 1. The van der Waals surface area contributed by atoms with Crippen molar-refractivity contribution < 1.29 is 28.2 Å². The van der Waals surface area contributed by atoms with Crippen LogP contribution in [-0.4, -0.2) is 80.0 Å². The van der Waals surface area contributed by atoms with Gasteiger partial charge in [-0.25, -0.2) is 18.4 Å². The van der Waals surface area contributed by atoms with Crippen LogP contribution in [0.5, 0.6) is 0 Å². The number of rotatable bonds is 11. The fourth-order valence-corrected chi connectivity index (χ4v) is 5.60. The Hall–Kier alpha value is -2.46. The maximum Gasteiger partial charge on any atom is 0.407 e. The van der Waals surface area contributed by atoms with E-state index in [0.29, 0.717) is 38.4 Å². The van der Waals surface area contributed by atoms with E-state index in [9.17, 15) is 18.4 Å². The molecule has 1 heterocycles. The minimum Gasteiger partial charge on any atom is -0.465 e. The monoisotopic (exact) mass is 524 g/mol. The van der Waals surface area contributed by atoms with Crippen molar-refractivity contribution in [3.8, 4) is 0 Å². The fraction of sp³-hybridized carbons (Fsp3) is 0.704. The van der Waals surface area contributed by atoms with Gasteiger partial charge in [0, 0.05) is 50.7 Å². The summed E-state index contributed by atoms with van der Waals surface area (Å²) in [6, 6.07) is 3.87. The molecule has 1 aromatic carbocycles. The highest BCUT2D eigenvalue weighted by Gasteiger charge is 2.34. The molecule has 2 aliphatic rings. The first-order chi connectivity index (χ1) is 17.8. The SMILES string of the molecule is CNC[C@H](CC1CCCCC1)NC(=O)N1CCC[C@@H]([C@@H](OCCN(C)C(=O)O)c2cccc(F)c2F)C1. The quantitative estimate of drug-likeness (QED) is 0.393. The highest BCUT2D eigenvalue weighted by molar-refractivity contribution is 5.74. The number of hydrogen-bond donors (Lipinski definition) is 3. The molecule has 0 bridgehead atoms. The number of amides is 3. The highest BCUT2D eigenvalue weighted by atomic mass is 19.2. The zero-order valence-corrected chi connectivity index (χ0v) is 22.1. The van der Waals surface area contributed by atoms with Crippen molar-refractivity contribution in [3.05, 3.63) is 35.4 Å². The molecular weight excluding hydrogens is 482 g/mol. The van der Waals surface area contributed by atoms with E-state index in [1.165, 1.54) is 51.3 Å². The Bertz CT molecular complexity index is 884. The molecular formula is C27H42F2N4O4. The number of nitrogens with one attached hydrogen (secondary N) is 2. The van der Waals surface area contributed by atoms with Crippen molar-refractivity contribution in [1.29, 1.82) is 0 Å². The van der Waals surface area contributed by atoms with Crippen LogP contribution in [0.4, 0.5) is 18.4 Å². The molecule has 1 saturated carbocycles. The number of halogens is 2. The van der Waals surface area contributed by atoms with Crippen molar-refractivity contribution in [1.82, 2.24) is 20.4 Å². The number of urea groups is 1. The van der Waals surface area contributed by atoms with Gasteiger partial charge < -0.3 is 30.3 Å². The smallest absolute Gasteiger partial charge is 0.407 e. The van der Waals surface area contributed by atoms with Crippen LogP contribution < -0.4 is 10.6 Å².